The number of hydrogen-bond acceptors (Lipinski definition) is 4. The van der Waals surface area contributed by atoms with Crippen LogP contribution in [0.3, 0.4) is 0 Å². The van der Waals surface area contributed by atoms with E-state index in [1.54, 1.807) is 0 Å². The molecule has 2 aromatic heterocycles. The van der Waals surface area contributed by atoms with Gasteiger partial charge in [0.1, 0.15) is 6.20 Å². The molecule has 11 heavy (non-hydrogen) atoms. The number of ether oxygens (including phenoxy) is 1. The van der Waals surface area contributed by atoms with Crippen molar-refractivity contribution < 1.29 is 9.26 Å². The zero-order valence-corrected chi connectivity index (χ0v) is 6.38. The van der Waals surface area contributed by atoms with Gasteiger partial charge >= 0.3 is 0 Å². The first-order chi connectivity index (χ1) is 5.45. The molecule has 0 aliphatic heterocycles. The largest absolute Gasteiger partial charge is 0.442 e. The van der Waals surface area contributed by atoms with Crippen LogP contribution in [-0.4, -0.2) is 5.16 Å². The Morgan fingerprint density at radius 2 is 2.55 bits per heavy atom. The Labute approximate surface area is 67.2 Å². The van der Waals surface area contributed by atoms with Gasteiger partial charge in [0.2, 0.25) is 0 Å². The van der Waals surface area contributed by atoms with E-state index in [1.165, 1.54) is 23.8 Å². The highest BCUT2D eigenvalue weighted by Gasteiger charge is 1.98. The van der Waals surface area contributed by atoms with Crippen molar-refractivity contribution in [2.24, 2.45) is 0 Å². The SMILES string of the molecule is c1csc(Oc2cnoc2)c1. The van der Waals surface area contributed by atoms with Crippen molar-refractivity contribution in [1.82, 2.24) is 5.16 Å². The first kappa shape index (κ1) is 6.42. The van der Waals surface area contributed by atoms with Crippen LogP contribution >= 0.6 is 11.3 Å². The van der Waals surface area contributed by atoms with Gasteiger partial charge in [0.25, 0.3) is 0 Å². The maximum Gasteiger partial charge on any atom is 0.188 e. The number of thiophene rings is 1. The van der Waals surface area contributed by atoms with Crippen LogP contribution in [0.25, 0.3) is 0 Å². The third kappa shape index (κ3) is 1.40. The summed E-state index contributed by atoms with van der Waals surface area (Å²) in [6.07, 6.45) is 2.99. The second kappa shape index (κ2) is 2.75. The average Bonchev–Trinajstić information content (AvgIpc) is 2.60. The Kier molecular flexibility index (Phi) is 1.61. The Balaban J connectivity index is 2.14. The lowest BCUT2D eigenvalue weighted by Crippen LogP contribution is -1.74. The highest BCUT2D eigenvalue weighted by atomic mass is 32.1. The van der Waals surface area contributed by atoms with Crippen molar-refractivity contribution in [3.05, 3.63) is 30.0 Å². The maximum absolute atomic E-state index is 5.32. The van der Waals surface area contributed by atoms with Gasteiger partial charge in [0.15, 0.2) is 17.1 Å². The fraction of sp³-hybridized carbons (Fsp3) is 0. The smallest absolute Gasteiger partial charge is 0.188 e. The van der Waals surface area contributed by atoms with Crippen LogP contribution in [0.5, 0.6) is 10.8 Å². The van der Waals surface area contributed by atoms with E-state index in [0.29, 0.717) is 5.75 Å². The lowest BCUT2D eigenvalue weighted by atomic mass is 10.6. The molecular formula is C7H5NO2S. The van der Waals surface area contributed by atoms with E-state index in [2.05, 4.69) is 9.68 Å². The lowest BCUT2D eigenvalue weighted by Gasteiger charge is -1.93. The monoisotopic (exact) mass is 167 g/mol. The predicted octanol–water partition coefficient (Wildman–Crippen LogP) is 2.53. The molecule has 0 amide bonds. The Morgan fingerprint density at radius 3 is 3.18 bits per heavy atom. The molecule has 56 valence electrons. The van der Waals surface area contributed by atoms with E-state index in [1.807, 2.05) is 17.5 Å². The van der Waals surface area contributed by atoms with E-state index < -0.39 is 0 Å². The molecular weight excluding hydrogens is 162 g/mol. The zero-order valence-electron chi connectivity index (χ0n) is 5.56. The fourth-order valence-corrected chi connectivity index (χ4v) is 1.28. The molecule has 0 aliphatic carbocycles. The van der Waals surface area contributed by atoms with Gasteiger partial charge in [-0.15, -0.1) is 11.3 Å². The van der Waals surface area contributed by atoms with Crippen LogP contribution in [-0.2, 0) is 0 Å². The van der Waals surface area contributed by atoms with Crippen molar-refractivity contribution >= 4 is 11.3 Å². The average molecular weight is 167 g/mol. The van der Waals surface area contributed by atoms with E-state index in [0.717, 1.165) is 5.06 Å². The summed E-state index contributed by atoms with van der Waals surface area (Å²) < 4.78 is 9.91. The summed E-state index contributed by atoms with van der Waals surface area (Å²) in [6.45, 7) is 0. The zero-order chi connectivity index (χ0) is 7.52. The maximum atomic E-state index is 5.32. The van der Waals surface area contributed by atoms with Gasteiger partial charge in [-0.05, 0) is 17.5 Å². The normalized spacial score (nSPS) is 9.82. The highest BCUT2D eigenvalue weighted by Crippen LogP contribution is 2.24. The van der Waals surface area contributed by atoms with Gasteiger partial charge in [-0.25, -0.2) is 0 Å². The summed E-state index contributed by atoms with van der Waals surface area (Å²) in [5.41, 5.74) is 0. The minimum Gasteiger partial charge on any atom is -0.442 e. The van der Waals surface area contributed by atoms with Crippen LogP contribution in [0.1, 0.15) is 0 Å². The van der Waals surface area contributed by atoms with Gasteiger partial charge in [-0.2, -0.15) is 0 Å². The van der Waals surface area contributed by atoms with E-state index in [4.69, 9.17) is 4.74 Å². The minimum absolute atomic E-state index is 0.632. The molecule has 0 bridgehead atoms. The van der Waals surface area contributed by atoms with Gasteiger partial charge in [0.05, 0.1) is 0 Å². The van der Waals surface area contributed by atoms with Crippen LogP contribution < -0.4 is 4.74 Å². The standard InChI is InChI=1S/C7H5NO2S/c1-2-7(11-3-1)10-6-4-8-9-5-6/h1-5H. The van der Waals surface area contributed by atoms with Crippen LogP contribution in [0, 0.1) is 0 Å². The first-order valence-corrected chi connectivity index (χ1v) is 3.94. The lowest BCUT2D eigenvalue weighted by molar-refractivity contribution is 0.411. The molecule has 0 aromatic carbocycles. The highest BCUT2D eigenvalue weighted by molar-refractivity contribution is 7.11. The molecule has 2 heterocycles. The molecule has 0 aliphatic rings. The van der Waals surface area contributed by atoms with E-state index in [9.17, 15) is 0 Å². The second-order valence-electron chi connectivity index (χ2n) is 1.89. The van der Waals surface area contributed by atoms with Crippen LogP contribution in [0.15, 0.2) is 34.5 Å². The molecule has 0 fully saturated rings. The van der Waals surface area contributed by atoms with Crippen molar-refractivity contribution in [1.29, 1.82) is 0 Å². The molecule has 0 saturated carbocycles. The quantitative estimate of drug-likeness (QED) is 0.689. The van der Waals surface area contributed by atoms with Crippen molar-refractivity contribution in [2.45, 2.75) is 0 Å². The summed E-state index contributed by atoms with van der Waals surface area (Å²) in [5.74, 6) is 0.632. The predicted molar refractivity (Wildman–Crippen MR) is 40.9 cm³/mol. The Morgan fingerprint density at radius 1 is 1.55 bits per heavy atom. The molecule has 3 nitrogen and oxygen atoms in total. The second-order valence-corrected chi connectivity index (χ2v) is 2.80. The third-order valence-corrected chi connectivity index (χ3v) is 1.87. The van der Waals surface area contributed by atoms with Gasteiger partial charge in [-0.1, -0.05) is 5.16 Å². The van der Waals surface area contributed by atoms with Crippen molar-refractivity contribution in [2.75, 3.05) is 0 Å². The molecule has 0 N–H and O–H groups in total. The number of hydrogen-bond donors (Lipinski definition) is 0. The van der Waals surface area contributed by atoms with Crippen LogP contribution in [0.2, 0.25) is 0 Å². The van der Waals surface area contributed by atoms with Crippen LogP contribution in [0.4, 0.5) is 0 Å². The molecule has 0 atom stereocenters. The molecule has 0 radical (unpaired) electrons. The number of nitrogens with zero attached hydrogens (tertiary/aromatic N) is 1. The van der Waals surface area contributed by atoms with E-state index >= 15 is 0 Å². The third-order valence-electron chi connectivity index (χ3n) is 1.12. The number of aromatic nitrogens is 1. The summed E-state index contributed by atoms with van der Waals surface area (Å²) in [7, 11) is 0. The fourth-order valence-electron chi connectivity index (χ4n) is 0.683. The molecule has 0 spiro atoms. The first-order valence-electron chi connectivity index (χ1n) is 3.06. The Bertz CT molecular complexity index is 269. The van der Waals surface area contributed by atoms with Gasteiger partial charge in [-0.3, -0.25) is 0 Å². The van der Waals surface area contributed by atoms with E-state index in [-0.39, 0.29) is 0 Å². The summed E-state index contributed by atoms with van der Waals surface area (Å²) in [4.78, 5) is 0. The minimum atomic E-state index is 0.632. The van der Waals surface area contributed by atoms with Crippen molar-refractivity contribution in [3.63, 3.8) is 0 Å². The van der Waals surface area contributed by atoms with Crippen molar-refractivity contribution in [3.8, 4) is 10.8 Å². The van der Waals surface area contributed by atoms with Gasteiger partial charge < -0.3 is 9.26 Å². The topological polar surface area (TPSA) is 35.3 Å². The summed E-state index contributed by atoms with van der Waals surface area (Å²) >= 11 is 1.53. The molecule has 2 aromatic rings. The summed E-state index contributed by atoms with van der Waals surface area (Å²) in [5, 5.41) is 6.30. The molecule has 4 heteroatoms. The summed E-state index contributed by atoms with van der Waals surface area (Å²) in [6, 6.07) is 3.81. The molecule has 0 unspecified atom stereocenters. The number of rotatable bonds is 2. The molecule has 0 saturated heterocycles. The molecule has 2 rings (SSSR count). The Hall–Kier alpha value is -1.29. The van der Waals surface area contributed by atoms with Gasteiger partial charge in [0, 0.05) is 0 Å².